The minimum Gasteiger partial charge on any atom is -0.462 e. The van der Waals surface area contributed by atoms with E-state index in [4.69, 9.17) is 35.9 Å². The number of nitrogen functional groups attached to an aromatic ring is 1. The van der Waals surface area contributed by atoms with Gasteiger partial charge in [0.1, 0.15) is 29.3 Å². The van der Waals surface area contributed by atoms with Gasteiger partial charge >= 0.3 is 19.4 Å². The van der Waals surface area contributed by atoms with Gasteiger partial charge in [0.25, 0.3) is 0 Å². The second-order valence-electron chi connectivity index (χ2n) is 8.65. The number of carbonyl (C=O) groups is 1. The molecule has 0 aliphatic carbocycles. The number of para-hydroxylation sites is 1. The van der Waals surface area contributed by atoms with Gasteiger partial charge in [-0.1, -0.05) is 18.2 Å². The Balaban J connectivity index is 1.85. The van der Waals surface area contributed by atoms with Crippen molar-refractivity contribution in [2.75, 3.05) is 18.2 Å². The van der Waals surface area contributed by atoms with Crippen molar-refractivity contribution in [3.05, 3.63) is 53.1 Å². The molecule has 37 heavy (non-hydrogen) atoms. The number of aliphatic hydroxyl groups is 1. The highest BCUT2D eigenvalue weighted by molar-refractivity contribution is 7.52. The number of carbonyl (C=O) groups excluding carboxylic acids is 1. The smallest absolute Gasteiger partial charge is 0.459 e. The maximum absolute atomic E-state index is 15.1. The minimum atomic E-state index is -4.38. The van der Waals surface area contributed by atoms with E-state index in [9.17, 15) is 19.3 Å². The molecule has 0 saturated carbocycles. The number of aromatic nitrogens is 2. The molecule has 0 amide bonds. The summed E-state index contributed by atoms with van der Waals surface area (Å²) >= 11 is 6.07. The number of anilines is 1. The van der Waals surface area contributed by atoms with E-state index >= 15 is 4.39 Å². The number of hydrogen-bond acceptors (Lipinski definition) is 10. The van der Waals surface area contributed by atoms with E-state index in [1.807, 2.05) is 0 Å². The second-order valence-corrected chi connectivity index (χ2v) is 10.6. The van der Waals surface area contributed by atoms with Crippen molar-refractivity contribution in [1.82, 2.24) is 14.6 Å². The van der Waals surface area contributed by atoms with Gasteiger partial charge in [-0.25, -0.2) is 13.8 Å². The first-order valence-electron chi connectivity index (χ1n) is 11.3. The Morgan fingerprint density at radius 2 is 2.03 bits per heavy atom. The third-order valence-corrected chi connectivity index (χ3v) is 7.40. The number of halogens is 2. The van der Waals surface area contributed by atoms with Crippen molar-refractivity contribution < 1.29 is 37.4 Å². The summed E-state index contributed by atoms with van der Waals surface area (Å²) in [5, 5.41) is 13.2. The molecule has 0 radical (unpaired) electrons. The van der Waals surface area contributed by atoms with E-state index in [0.717, 1.165) is 10.8 Å². The summed E-state index contributed by atoms with van der Waals surface area (Å²) < 4.78 is 51.6. The molecule has 2 aromatic rings. The van der Waals surface area contributed by atoms with Gasteiger partial charge in [-0.3, -0.25) is 13.9 Å². The summed E-state index contributed by atoms with van der Waals surface area (Å²) in [7, 11) is -4.38. The zero-order chi connectivity index (χ0) is 27.4. The van der Waals surface area contributed by atoms with Crippen molar-refractivity contribution in [3.63, 3.8) is 0 Å². The molecule has 0 bridgehead atoms. The molecule has 15 heteroatoms. The molecule has 4 N–H and O–H groups in total. The molecule has 3 rings (SSSR count). The fourth-order valence-electron chi connectivity index (χ4n) is 3.45. The number of esters is 1. The van der Waals surface area contributed by atoms with Gasteiger partial charge < -0.3 is 24.8 Å². The van der Waals surface area contributed by atoms with Crippen LogP contribution in [-0.2, 0) is 23.4 Å². The maximum atomic E-state index is 15.1. The summed E-state index contributed by atoms with van der Waals surface area (Å²) in [4.78, 5) is 28.1. The first kappa shape index (κ1) is 29.0. The molecule has 2 heterocycles. The zero-order valence-corrected chi connectivity index (χ0v) is 22.0. The SMILES string of the molecule is CC(C)OC(=O)[C@H](C)NP(=O)(OC[C@@]1(CCl)O[C@@H](n2ccc(N)nc2=O)[C@@H](F)[C@@H]1O)Oc1ccccc1. The molecule has 0 spiro atoms. The summed E-state index contributed by atoms with van der Waals surface area (Å²) in [5.41, 5.74) is 2.61. The number of hydrogen-bond donors (Lipinski definition) is 3. The van der Waals surface area contributed by atoms with Gasteiger partial charge in [-0.2, -0.15) is 10.1 Å². The topological polar surface area (TPSA) is 164 Å². The lowest BCUT2D eigenvalue weighted by Gasteiger charge is -2.31. The van der Waals surface area contributed by atoms with Gasteiger partial charge in [0.05, 0.1) is 18.6 Å². The van der Waals surface area contributed by atoms with Gasteiger partial charge in [-0.15, -0.1) is 11.6 Å². The Bertz CT molecular complexity index is 1190. The predicted octanol–water partition coefficient (Wildman–Crippen LogP) is 2.16. The number of alkyl halides is 2. The summed E-state index contributed by atoms with van der Waals surface area (Å²) in [6, 6.07) is 8.07. The van der Waals surface area contributed by atoms with E-state index in [-0.39, 0.29) is 11.6 Å². The molecule has 1 aromatic carbocycles. The monoisotopic (exact) mass is 562 g/mol. The Kier molecular flexibility index (Phi) is 9.32. The normalized spacial score (nSPS) is 26.0. The van der Waals surface area contributed by atoms with Crippen LogP contribution in [0.3, 0.4) is 0 Å². The number of benzene rings is 1. The number of nitrogens with two attached hydrogens (primary N) is 1. The first-order chi connectivity index (χ1) is 17.4. The quantitative estimate of drug-likeness (QED) is 0.209. The fourth-order valence-corrected chi connectivity index (χ4v) is 5.29. The Morgan fingerprint density at radius 1 is 1.35 bits per heavy atom. The molecule has 12 nitrogen and oxygen atoms in total. The van der Waals surface area contributed by atoms with Gasteiger partial charge in [0.15, 0.2) is 12.4 Å². The van der Waals surface area contributed by atoms with Crippen molar-refractivity contribution in [3.8, 4) is 5.75 Å². The number of ether oxygens (including phenoxy) is 2. The summed E-state index contributed by atoms with van der Waals surface area (Å²) in [6.07, 6.45) is -4.92. The highest BCUT2D eigenvalue weighted by Gasteiger charge is 2.57. The molecular formula is C22H29ClFN4O8P. The van der Waals surface area contributed by atoms with Crippen molar-refractivity contribution in [1.29, 1.82) is 0 Å². The molecule has 1 saturated heterocycles. The van der Waals surface area contributed by atoms with Gasteiger partial charge in [-0.05, 0) is 39.0 Å². The lowest BCUT2D eigenvalue weighted by molar-refractivity contribution is -0.149. The molecule has 204 valence electrons. The zero-order valence-electron chi connectivity index (χ0n) is 20.3. The lowest BCUT2D eigenvalue weighted by atomic mass is 9.99. The van der Waals surface area contributed by atoms with Crippen molar-refractivity contribution >= 4 is 31.1 Å². The van der Waals surface area contributed by atoms with E-state index in [1.165, 1.54) is 25.1 Å². The predicted molar refractivity (Wildman–Crippen MR) is 132 cm³/mol. The third kappa shape index (κ3) is 6.86. The molecule has 1 aromatic heterocycles. The Hall–Kier alpha value is -2.54. The highest BCUT2D eigenvalue weighted by atomic mass is 35.5. The van der Waals surface area contributed by atoms with E-state index in [2.05, 4.69) is 10.1 Å². The molecule has 1 aliphatic rings. The minimum absolute atomic E-state index is 0.0858. The standard InChI is InChI=1S/C22H29ClFN4O8P/c1-13(2)34-20(30)14(3)27-37(32,36-15-7-5-4-6-8-15)33-12-22(11-23)18(29)17(24)19(35-22)28-10-9-16(25)26-21(28)31/h4-10,13-14,17-19,29H,11-12H2,1-3H3,(H,27,32)(H2,25,26,31)/t14-,17-,18-,19+,22+,37?/m0/s1. The second kappa shape index (κ2) is 11.9. The van der Waals surface area contributed by atoms with Crippen molar-refractivity contribution in [2.45, 2.75) is 57.0 Å². The number of nitrogens with one attached hydrogen (secondary N) is 1. The average molecular weight is 563 g/mol. The maximum Gasteiger partial charge on any atom is 0.459 e. The van der Waals surface area contributed by atoms with Crippen LogP contribution in [-0.4, -0.2) is 63.1 Å². The summed E-state index contributed by atoms with van der Waals surface area (Å²) in [5.74, 6) is -1.19. The largest absolute Gasteiger partial charge is 0.462 e. The van der Waals surface area contributed by atoms with Crippen molar-refractivity contribution in [2.24, 2.45) is 0 Å². The Labute approximate surface area is 217 Å². The van der Waals surface area contributed by atoms with Crippen LogP contribution in [0.4, 0.5) is 10.2 Å². The van der Waals surface area contributed by atoms with E-state index in [1.54, 1.807) is 32.0 Å². The molecule has 1 fully saturated rings. The van der Waals surface area contributed by atoms with Crippen LogP contribution in [0.1, 0.15) is 27.0 Å². The molecular weight excluding hydrogens is 534 g/mol. The summed E-state index contributed by atoms with van der Waals surface area (Å²) in [6.45, 7) is 3.95. The van der Waals surface area contributed by atoms with Crippen LogP contribution in [0, 0.1) is 0 Å². The fraction of sp³-hybridized carbons (Fsp3) is 0.500. The Morgan fingerprint density at radius 3 is 2.62 bits per heavy atom. The molecule has 1 unspecified atom stereocenters. The van der Waals surface area contributed by atoms with Crippen LogP contribution in [0.2, 0.25) is 0 Å². The van der Waals surface area contributed by atoms with Crippen LogP contribution in [0.5, 0.6) is 5.75 Å². The number of nitrogens with zero attached hydrogens (tertiary/aromatic N) is 2. The van der Waals surface area contributed by atoms with Crippen LogP contribution < -0.4 is 21.0 Å². The average Bonchev–Trinajstić information content (AvgIpc) is 3.08. The van der Waals surface area contributed by atoms with E-state index in [0.29, 0.717) is 0 Å². The number of aliphatic hydroxyl groups excluding tert-OH is 1. The van der Waals surface area contributed by atoms with Gasteiger partial charge in [0.2, 0.25) is 0 Å². The van der Waals surface area contributed by atoms with E-state index < -0.39 is 68.1 Å². The van der Waals surface area contributed by atoms with Crippen LogP contribution >= 0.6 is 19.3 Å². The first-order valence-corrected chi connectivity index (χ1v) is 13.4. The lowest BCUT2D eigenvalue weighted by Crippen LogP contribution is -2.48. The highest BCUT2D eigenvalue weighted by Crippen LogP contribution is 2.48. The molecule has 1 aliphatic heterocycles. The van der Waals surface area contributed by atoms with Crippen LogP contribution in [0.25, 0.3) is 0 Å². The van der Waals surface area contributed by atoms with Crippen LogP contribution in [0.15, 0.2) is 47.4 Å². The molecule has 6 atom stereocenters. The third-order valence-electron chi connectivity index (χ3n) is 5.33. The number of rotatable bonds is 11. The van der Waals surface area contributed by atoms with Gasteiger partial charge in [0, 0.05) is 6.20 Å².